The number of aliphatic hydroxyl groups excluding tert-OH is 1. The zero-order valence-corrected chi connectivity index (χ0v) is 96.2. The molecule has 37 heteroatoms. The second-order valence-corrected chi connectivity index (χ2v) is 39.9. The lowest BCUT2D eigenvalue weighted by atomic mass is 10.3. The Morgan fingerprint density at radius 1 is 0.243 bits per heavy atom. The average molecular weight is 2100 g/mol. The van der Waals surface area contributed by atoms with Crippen LogP contribution in [0.3, 0.4) is 0 Å². The number of benzene rings is 8. The van der Waals surface area contributed by atoms with Crippen LogP contribution in [0.4, 0.5) is 49.9 Å². The highest BCUT2D eigenvalue weighted by atomic mass is 35.5. The molecule has 0 saturated heterocycles. The van der Waals surface area contributed by atoms with Gasteiger partial charge >= 0.3 is 5.97 Å². The molecule has 0 aliphatic carbocycles. The van der Waals surface area contributed by atoms with E-state index in [-0.39, 0.29) is 26.0 Å². The predicted molar refractivity (Wildman–Crippen MR) is 593 cm³/mol. The molecule has 0 heterocycles. The monoisotopic (exact) mass is 2090 g/mol. The van der Waals surface area contributed by atoms with Gasteiger partial charge < -0.3 is 10.2 Å². The van der Waals surface area contributed by atoms with Gasteiger partial charge in [0.25, 0.3) is 0 Å². The Bertz CT molecular complexity index is 4510. The first-order valence-corrected chi connectivity index (χ1v) is 61.6. The number of hydrogen-bond acceptors (Lipinski definition) is 18. The molecule has 0 aliphatic heterocycles. The zero-order valence-electron chi connectivity index (χ0n) is 88.9. The van der Waals surface area contributed by atoms with Crippen LogP contribution >= 0.6 is 11.6 Å². The van der Waals surface area contributed by atoms with Gasteiger partial charge in [-0.3, -0.25) is 43.6 Å². The van der Waals surface area contributed by atoms with Gasteiger partial charge in [0.15, 0.2) is 0 Å². The van der Waals surface area contributed by atoms with E-state index in [1.807, 2.05) is 281 Å². The Morgan fingerprint density at radius 3 is 0.463 bits per heavy atom. The molecule has 0 aliphatic rings. The van der Waals surface area contributed by atoms with E-state index in [9.17, 15) is 76.5 Å². The summed E-state index contributed by atoms with van der Waals surface area (Å²) in [6.07, 6.45) is 13.8. The summed E-state index contributed by atoms with van der Waals surface area (Å²) in [5, 5.41) is 17.2. The first-order chi connectivity index (χ1) is 64.2. The van der Waals surface area contributed by atoms with Gasteiger partial charge in [-0.1, -0.05) is 297 Å². The number of aliphatic carboxylic acids is 1. The van der Waals surface area contributed by atoms with Gasteiger partial charge in [-0.2, -0.15) is 0 Å². The average Bonchev–Trinajstić information content (AvgIpc) is 0.804. The van der Waals surface area contributed by atoms with E-state index < -0.39 is 86.2 Å². The van der Waals surface area contributed by atoms with Crippen LogP contribution in [0.15, 0.2) is 243 Å². The molecule has 8 aromatic rings. The lowest BCUT2D eigenvalue weighted by molar-refractivity contribution is -0.137. The van der Waals surface area contributed by atoms with Crippen LogP contribution in [-0.2, 0) is 85.0 Å². The van der Waals surface area contributed by atoms with Crippen molar-refractivity contribution in [2.45, 2.75) is 212 Å². The number of rotatable bonds is 30. The minimum absolute atomic E-state index is 0.0150. The van der Waals surface area contributed by atoms with Crippen LogP contribution < -0.4 is 34.4 Å². The zero-order chi connectivity index (χ0) is 109. The van der Waals surface area contributed by atoms with E-state index in [1.54, 1.807) is 127 Å². The molecule has 0 fully saturated rings. The molecule has 790 valence electrons. The van der Waals surface area contributed by atoms with E-state index >= 15 is 0 Å². The lowest BCUT2D eigenvalue weighted by Crippen LogP contribution is -2.31. The normalized spacial score (nSPS) is 9.79. The number of carboxylic acid groups (broad SMARTS) is 1. The molecular weight excluding hydrogens is 1920 g/mol. The second kappa shape index (κ2) is 95.3. The van der Waals surface area contributed by atoms with E-state index in [2.05, 4.69) is 25.4 Å². The Hall–Kier alpha value is -8.59. The molecule has 8 aromatic carbocycles. The number of sulfonamides is 8. The van der Waals surface area contributed by atoms with E-state index in [0.29, 0.717) is 99.2 Å². The van der Waals surface area contributed by atoms with Crippen molar-refractivity contribution in [3.63, 3.8) is 0 Å². The fourth-order valence-corrected chi connectivity index (χ4v) is 17.9. The minimum atomic E-state index is -3.38. The number of carbonyl (C=O) groups is 1. The van der Waals surface area contributed by atoms with Crippen LogP contribution in [-0.4, -0.2) is 206 Å². The maximum atomic E-state index is 11.6. The number of anilines is 8. The molecule has 0 unspecified atom stereocenters. The van der Waals surface area contributed by atoms with Crippen molar-refractivity contribution >= 4 is 143 Å². The standard InChI is InChI=1S/C11H15NO4S.C10H15NO3S.C10H15NO2S.5C9H13NO2S.C3H8.9C2H6.CH3Cl.CH3F/c1-17(15,16)12(9-5-8-11(13)14)10-6-3-2-4-7-10;1-15(13,14)11(8-5-9-12)10-6-3-2-4-7-10;1-3-9-11(14(2,12)13)10-7-5-4-6-8-10;5*1-3-10(13(2,11)12)9-7-5-4-6-8-9;1-3-2;11*1-2/h2-4,6-7H,5,8-9H2,1H3,(H,13,14);2-4,6-7,12H,5,8-9H2,1H3;4-8H,3,9H2,1-2H3;5*4-8H,3H2,1-2H3;3H2,1-2H3;9*1-2H3;2*1H3. The van der Waals surface area contributed by atoms with E-state index in [0.717, 1.165) is 24.6 Å². The van der Waals surface area contributed by atoms with Gasteiger partial charge in [0.2, 0.25) is 80.2 Å². The smallest absolute Gasteiger partial charge is 0.303 e. The van der Waals surface area contributed by atoms with Crippen molar-refractivity contribution in [3.8, 4) is 0 Å². The summed E-state index contributed by atoms with van der Waals surface area (Å²) in [5.41, 5.74) is 5.50. The molecule has 0 saturated carbocycles. The van der Waals surface area contributed by atoms with Crippen LogP contribution in [0, 0.1) is 0 Å². The summed E-state index contributed by atoms with van der Waals surface area (Å²) in [7, 11) is -25.0. The van der Waals surface area contributed by atoms with Gasteiger partial charge in [-0.05, 0) is 151 Å². The highest BCUT2D eigenvalue weighted by Crippen LogP contribution is 2.23. The first-order valence-electron chi connectivity index (χ1n) is 46.0. The summed E-state index contributed by atoms with van der Waals surface area (Å²) in [6, 6.07) is 72.0. The molecule has 8 rings (SSSR count). The molecule has 0 aromatic heterocycles. The number of carboxylic acids is 1. The van der Waals surface area contributed by atoms with E-state index in [4.69, 9.17) is 10.2 Å². The SMILES string of the molecule is CC.CC.CC.CC.CC.CC.CC.CC.CC.CCC.CCCN(c1ccccc1)S(C)(=O)=O.CCN(c1ccccc1)S(C)(=O)=O.CCN(c1ccccc1)S(C)(=O)=O.CCN(c1ccccc1)S(C)(=O)=O.CCN(c1ccccc1)S(C)(=O)=O.CCN(c1ccccc1)S(C)(=O)=O.CCl.CF.CS(=O)(=O)N(CCCC(=O)O)c1ccccc1.CS(=O)(=O)N(CCCO)c1ccccc1. The summed E-state index contributed by atoms with van der Waals surface area (Å²) >= 11 is 4.64. The second-order valence-electron chi connectivity index (χ2n) is 24.6. The maximum absolute atomic E-state index is 11.6. The highest BCUT2D eigenvalue weighted by molar-refractivity contribution is 7.94. The fourth-order valence-electron chi connectivity index (χ4n) is 10.0. The molecule has 0 radical (unpaired) electrons. The fraction of sp³-hybridized carbons (Fsp3) is 0.505. The van der Waals surface area contributed by atoms with Crippen molar-refractivity contribution in [3.05, 3.63) is 243 Å². The molecule has 2 N–H and O–H groups in total. The quantitative estimate of drug-likeness (QED) is 0.0395. The lowest BCUT2D eigenvalue weighted by Gasteiger charge is -2.21. The number of nitrogens with zero attached hydrogens (tertiary/aromatic N) is 8. The minimum Gasteiger partial charge on any atom is -0.481 e. The molecule has 136 heavy (non-hydrogen) atoms. The number of hydrogen-bond donors (Lipinski definition) is 2. The molecular formula is C99H178ClFN8O19S8. The topological polar surface area (TPSA) is 357 Å². The van der Waals surface area contributed by atoms with Crippen molar-refractivity contribution in [1.82, 2.24) is 0 Å². The van der Waals surface area contributed by atoms with Gasteiger partial charge in [-0.25, -0.2) is 67.3 Å². The van der Waals surface area contributed by atoms with Crippen molar-refractivity contribution in [2.24, 2.45) is 0 Å². The third kappa shape index (κ3) is 77.4. The Labute approximate surface area is 835 Å². The number of para-hydroxylation sites is 8. The third-order valence-electron chi connectivity index (χ3n) is 14.7. The van der Waals surface area contributed by atoms with Crippen LogP contribution in [0.2, 0.25) is 0 Å². The maximum Gasteiger partial charge on any atom is 0.303 e. The summed E-state index contributed by atoms with van der Waals surface area (Å²) in [6.45, 7) is 54.6. The van der Waals surface area contributed by atoms with Gasteiger partial charge in [0.1, 0.15) is 0 Å². The number of alkyl halides is 2. The summed E-state index contributed by atoms with van der Waals surface area (Å²) in [5.74, 6) is -0.925. The Balaban J connectivity index is -0.000000125. The van der Waals surface area contributed by atoms with Gasteiger partial charge in [0.05, 0.1) is 103 Å². The molecule has 27 nitrogen and oxygen atoms in total. The number of halogens is 2. The summed E-state index contributed by atoms with van der Waals surface area (Å²) < 4.78 is 202. The Morgan fingerprint density at radius 2 is 0.360 bits per heavy atom. The Kier molecular flexibility index (Phi) is 107. The van der Waals surface area contributed by atoms with Gasteiger partial charge in [0, 0.05) is 71.8 Å². The largest absolute Gasteiger partial charge is 0.481 e. The first kappa shape index (κ1) is 153. The van der Waals surface area contributed by atoms with Crippen LogP contribution in [0.25, 0.3) is 0 Å². The molecule has 0 atom stereocenters. The molecule has 0 amide bonds. The van der Waals surface area contributed by atoms with Crippen molar-refractivity contribution in [1.29, 1.82) is 0 Å². The summed E-state index contributed by atoms with van der Waals surface area (Å²) in [4.78, 5) is 10.4. The van der Waals surface area contributed by atoms with Crippen LogP contribution in [0.1, 0.15) is 212 Å². The van der Waals surface area contributed by atoms with Crippen molar-refractivity contribution in [2.75, 3.05) is 157 Å². The predicted octanol–water partition coefficient (Wildman–Crippen LogP) is 23.5. The third-order valence-corrected chi connectivity index (χ3v) is 24.6. The van der Waals surface area contributed by atoms with Crippen LogP contribution in [0.5, 0.6) is 0 Å². The van der Waals surface area contributed by atoms with Gasteiger partial charge in [-0.15, -0.1) is 11.6 Å². The number of aliphatic hydroxyl groups is 1. The molecule has 0 bridgehead atoms. The highest BCUT2D eigenvalue weighted by Gasteiger charge is 2.22. The van der Waals surface area contributed by atoms with Crippen molar-refractivity contribution < 1.29 is 86.7 Å². The molecule has 0 spiro atoms. The van der Waals surface area contributed by atoms with E-state index in [1.165, 1.54) is 84.8 Å².